The van der Waals surface area contributed by atoms with Gasteiger partial charge in [-0.15, -0.1) is 0 Å². The summed E-state index contributed by atoms with van der Waals surface area (Å²) in [7, 11) is 0. The topological polar surface area (TPSA) is 159 Å². The molecule has 0 unspecified atom stereocenters. The second-order valence-electron chi connectivity index (χ2n) is 8.11. The first kappa shape index (κ1) is 31.5. The van der Waals surface area contributed by atoms with Crippen LogP contribution >= 0.6 is 11.6 Å². The number of benzene rings is 3. The number of carbonyl (C=O) groups is 1. The maximum absolute atomic E-state index is 13.5. The number of halogens is 7. The largest absolute Gasteiger partial charge is 0.456 e. The zero-order valence-electron chi connectivity index (χ0n) is 20.5. The molecule has 0 spiro atoms. The number of nitro benzene ring substituents is 3. The minimum Gasteiger partial charge on any atom is -0.456 e. The molecule has 12 nitrogen and oxygen atoms in total. The summed E-state index contributed by atoms with van der Waals surface area (Å²) in [6, 6.07) is 4.26. The maximum atomic E-state index is 13.5. The van der Waals surface area contributed by atoms with Gasteiger partial charge >= 0.3 is 23.7 Å². The molecule has 1 amide bonds. The van der Waals surface area contributed by atoms with Crippen molar-refractivity contribution >= 4 is 40.3 Å². The first-order chi connectivity index (χ1) is 19.4. The average molecular weight is 623 g/mol. The Morgan fingerprint density at radius 1 is 0.810 bits per heavy atom. The van der Waals surface area contributed by atoms with Crippen LogP contribution in [0.5, 0.6) is 11.5 Å². The van der Waals surface area contributed by atoms with Gasteiger partial charge in [0, 0.05) is 30.8 Å². The quantitative estimate of drug-likeness (QED) is 0.141. The first-order valence-electron chi connectivity index (χ1n) is 11.1. The molecule has 42 heavy (non-hydrogen) atoms. The Morgan fingerprint density at radius 2 is 1.33 bits per heavy atom. The second-order valence-corrected chi connectivity index (χ2v) is 8.51. The van der Waals surface area contributed by atoms with E-state index in [2.05, 4.69) is 0 Å². The van der Waals surface area contributed by atoms with Crippen LogP contribution in [-0.4, -0.2) is 27.2 Å². The van der Waals surface area contributed by atoms with Crippen LogP contribution in [0.4, 0.5) is 49.1 Å². The Bertz CT molecular complexity index is 1580. The van der Waals surface area contributed by atoms with Gasteiger partial charge in [-0.1, -0.05) is 11.6 Å². The number of carbonyl (C=O) groups excluding carboxylic acids is 1. The molecule has 0 atom stereocenters. The number of nitro groups is 3. The minimum atomic E-state index is -5.25. The van der Waals surface area contributed by atoms with Gasteiger partial charge in [-0.25, -0.2) is 0 Å². The number of alkyl halides is 6. The van der Waals surface area contributed by atoms with Crippen molar-refractivity contribution in [3.63, 3.8) is 0 Å². The van der Waals surface area contributed by atoms with Crippen molar-refractivity contribution in [2.24, 2.45) is 0 Å². The zero-order chi connectivity index (χ0) is 31.7. The molecule has 222 valence electrons. The van der Waals surface area contributed by atoms with Crippen molar-refractivity contribution in [2.75, 3.05) is 11.4 Å². The van der Waals surface area contributed by atoms with Gasteiger partial charge in [0.1, 0.15) is 17.1 Å². The molecule has 0 heterocycles. The Morgan fingerprint density at radius 3 is 1.76 bits per heavy atom. The molecule has 3 aromatic carbocycles. The highest BCUT2D eigenvalue weighted by Crippen LogP contribution is 2.44. The fourth-order valence-corrected chi connectivity index (χ4v) is 3.89. The number of amides is 1. The summed E-state index contributed by atoms with van der Waals surface area (Å²) in [5.41, 5.74) is -8.87. The van der Waals surface area contributed by atoms with Crippen molar-refractivity contribution < 1.29 is 50.6 Å². The lowest BCUT2D eigenvalue weighted by atomic mass is 10.1. The van der Waals surface area contributed by atoms with Crippen molar-refractivity contribution in [1.29, 1.82) is 0 Å². The molecule has 0 saturated heterocycles. The van der Waals surface area contributed by atoms with Crippen LogP contribution in [-0.2, 0) is 12.4 Å². The number of hydrogen-bond donors (Lipinski definition) is 0. The van der Waals surface area contributed by atoms with Crippen LogP contribution < -0.4 is 9.64 Å². The monoisotopic (exact) mass is 622 g/mol. The molecule has 0 aromatic heterocycles. The van der Waals surface area contributed by atoms with Crippen molar-refractivity contribution in [1.82, 2.24) is 0 Å². The van der Waals surface area contributed by atoms with Gasteiger partial charge in [-0.2, -0.15) is 26.3 Å². The number of anilines is 1. The Labute approximate surface area is 234 Å². The van der Waals surface area contributed by atoms with E-state index in [1.54, 1.807) is 0 Å². The van der Waals surface area contributed by atoms with E-state index in [0.29, 0.717) is 23.1 Å². The predicted molar refractivity (Wildman–Crippen MR) is 132 cm³/mol. The molecule has 19 heteroatoms. The highest BCUT2D eigenvalue weighted by atomic mass is 35.5. The van der Waals surface area contributed by atoms with Crippen LogP contribution in [0.2, 0.25) is 5.02 Å². The summed E-state index contributed by atoms with van der Waals surface area (Å²) in [6.45, 7) is 0.482. The summed E-state index contributed by atoms with van der Waals surface area (Å²) < 4.78 is 84.1. The van der Waals surface area contributed by atoms with E-state index in [1.165, 1.54) is 0 Å². The van der Waals surface area contributed by atoms with Gasteiger partial charge in [0.2, 0.25) is 5.69 Å². The normalized spacial score (nSPS) is 11.6. The highest BCUT2D eigenvalue weighted by Gasteiger charge is 2.41. The molecule has 3 rings (SSSR count). The maximum Gasteiger partial charge on any atom is 0.416 e. The molecule has 0 aliphatic rings. The van der Waals surface area contributed by atoms with Gasteiger partial charge in [0.05, 0.1) is 30.9 Å². The molecule has 3 aromatic rings. The third-order valence-corrected chi connectivity index (χ3v) is 5.80. The van der Waals surface area contributed by atoms with Crippen LogP contribution in [0.25, 0.3) is 0 Å². The van der Waals surface area contributed by atoms with Crippen molar-refractivity contribution in [3.8, 4) is 11.5 Å². The van der Waals surface area contributed by atoms with Crippen LogP contribution in [0.15, 0.2) is 48.5 Å². The van der Waals surface area contributed by atoms with E-state index < -0.39 is 89.8 Å². The zero-order valence-corrected chi connectivity index (χ0v) is 21.3. The molecule has 0 aliphatic heterocycles. The van der Waals surface area contributed by atoms with Gasteiger partial charge in [-0.05, 0) is 31.2 Å². The van der Waals surface area contributed by atoms with Crippen LogP contribution in [0.1, 0.15) is 28.4 Å². The van der Waals surface area contributed by atoms with Crippen molar-refractivity contribution in [2.45, 2.75) is 19.3 Å². The second kappa shape index (κ2) is 11.5. The molecule has 0 radical (unpaired) electrons. The smallest absolute Gasteiger partial charge is 0.416 e. The molecule has 0 aliphatic carbocycles. The van der Waals surface area contributed by atoms with Gasteiger partial charge in [0.15, 0.2) is 0 Å². The van der Waals surface area contributed by atoms with Gasteiger partial charge < -0.3 is 4.74 Å². The fourth-order valence-electron chi connectivity index (χ4n) is 3.67. The minimum absolute atomic E-state index is 0.0289. The molecular formula is C23H13ClF6N4O8. The highest BCUT2D eigenvalue weighted by molar-refractivity contribution is 6.32. The lowest BCUT2D eigenvalue weighted by Crippen LogP contribution is -2.32. The molecule has 0 N–H and O–H groups in total. The summed E-state index contributed by atoms with van der Waals surface area (Å²) >= 11 is 5.85. The van der Waals surface area contributed by atoms with E-state index >= 15 is 0 Å². The van der Waals surface area contributed by atoms with Crippen molar-refractivity contribution in [3.05, 3.63) is 101 Å². The van der Waals surface area contributed by atoms with Gasteiger partial charge in [-0.3, -0.25) is 40.0 Å². The van der Waals surface area contributed by atoms with E-state index in [9.17, 15) is 61.5 Å². The number of nitrogens with zero attached hydrogens (tertiary/aromatic N) is 4. The molecular weight excluding hydrogens is 610 g/mol. The summed E-state index contributed by atoms with van der Waals surface area (Å²) in [5, 5.41) is 34.5. The van der Waals surface area contributed by atoms with Gasteiger partial charge in [0.25, 0.3) is 11.6 Å². The molecule has 0 saturated carbocycles. The Hall–Kier alpha value is -5.00. The fraction of sp³-hybridized carbons (Fsp3) is 0.174. The number of hydrogen-bond acceptors (Lipinski definition) is 8. The first-order valence-corrected chi connectivity index (χ1v) is 11.4. The number of rotatable bonds is 8. The lowest BCUT2D eigenvalue weighted by molar-refractivity contribution is -0.393. The molecule has 0 bridgehead atoms. The Kier molecular flexibility index (Phi) is 8.61. The SMILES string of the molecule is CCN(C(=O)c1cc(Oc2ccc(C(F)(F)F)cc2Cl)ccc1[N+](=O)[O-])c1c([N+](=O)[O-])cc(C(F)(F)F)cc1[N+](=O)[O-]. The third kappa shape index (κ3) is 6.48. The third-order valence-electron chi connectivity index (χ3n) is 5.50. The van der Waals surface area contributed by atoms with E-state index in [4.69, 9.17) is 16.3 Å². The number of ether oxygens (including phenoxy) is 1. The van der Waals surface area contributed by atoms with E-state index in [1.807, 2.05) is 0 Å². The summed E-state index contributed by atoms with van der Waals surface area (Å²) in [5.74, 6) is -2.27. The summed E-state index contributed by atoms with van der Waals surface area (Å²) in [4.78, 5) is 45.0. The molecule has 0 fully saturated rings. The predicted octanol–water partition coefficient (Wildman–Crippen LogP) is 7.56. The van der Waals surface area contributed by atoms with Crippen LogP contribution in [0.3, 0.4) is 0 Å². The Balaban J connectivity index is 2.18. The standard InChI is InChI=1S/C23H13ClF6N4O8/c1-2-31(20-17(33(38)39)8-12(23(28,29)30)9-18(20)34(40)41)21(35)14-10-13(4-5-16(14)32(36)37)42-19-6-3-11(7-15(19)24)22(25,26)27/h3-10H,2H2,1H3. The van der Waals surface area contributed by atoms with Crippen LogP contribution in [0, 0.1) is 30.3 Å². The van der Waals surface area contributed by atoms with E-state index in [0.717, 1.165) is 25.1 Å². The summed E-state index contributed by atoms with van der Waals surface area (Å²) in [6.07, 6.45) is -10.00. The lowest BCUT2D eigenvalue weighted by Gasteiger charge is -2.22. The van der Waals surface area contributed by atoms with E-state index in [-0.39, 0.29) is 17.9 Å². The average Bonchev–Trinajstić information content (AvgIpc) is 2.88.